The Hall–Kier alpha value is -3.28. The maximum absolute atomic E-state index is 11.8. The Morgan fingerprint density at radius 2 is 1.67 bits per heavy atom. The van der Waals surface area contributed by atoms with Crippen molar-refractivity contribution in [3.8, 4) is 0 Å². The molecule has 0 aromatic heterocycles. The minimum Gasteiger partial charge on any atom is -0.445 e. The van der Waals surface area contributed by atoms with Crippen molar-refractivity contribution >= 4 is 18.3 Å². The summed E-state index contributed by atoms with van der Waals surface area (Å²) in [7, 11) is 0. The first-order valence-corrected chi connectivity index (χ1v) is 9.99. The maximum atomic E-state index is 11.8. The normalized spacial score (nSPS) is 11.2. The van der Waals surface area contributed by atoms with Gasteiger partial charge in [-0.1, -0.05) is 60.7 Å². The van der Waals surface area contributed by atoms with E-state index in [-0.39, 0.29) is 6.61 Å². The molecule has 30 heavy (non-hydrogen) atoms. The Balaban J connectivity index is 1.67. The Morgan fingerprint density at radius 1 is 0.933 bits per heavy atom. The smallest absolute Gasteiger partial charge is 0.407 e. The van der Waals surface area contributed by atoms with Crippen LogP contribution in [-0.4, -0.2) is 24.3 Å². The molecule has 2 amide bonds. The van der Waals surface area contributed by atoms with Crippen LogP contribution in [0.25, 0.3) is 6.08 Å². The fraction of sp³-hybridized carbons (Fsp3) is 0.333. The molecule has 2 aromatic carbocycles. The van der Waals surface area contributed by atoms with Gasteiger partial charge < -0.3 is 20.1 Å². The average Bonchev–Trinajstić information content (AvgIpc) is 2.70. The van der Waals surface area contributed by atoms with E-state index < -0.39 is 17.8 Å². The molecule has 0 bridgehead atoms. The molecule has 0 atom stereocenters. The number of hydrogen-bond acceptors (Lipinski definition) is 4. The lowest BCUT2D eigenvalue weighted by Gasteiger charge is -2.19. The molecule has 160 valence electrons. The van der Waals surface area contributed by atoms with E-state index in [9.17, 15) is 9.59 Å². The largest absolute Gasteiger partial charge is 0.445 e. The highest BCUT2D eigenvalue weighted by atomic mass is 16.6. The highest BCUT2D eigenvalue weighted by Gasteiger charge is 2.15. The molecule has 0 aliphatic carbocycles. The first-order valence-electron chi connectivity index (χ1n) is 9.99. The summed E-state index contributed by atoms with van der Waals surface area (Å²) < 4.78 is 10.4. The highest BCUT2D eigenvalue weighted by molar-refractivity contribution is 5.68. The van der Waals surface area contributed by atoms with Gasteiger partial charge in [-0.05, 0) is 49.9 Å². The van der Waals surface area contributed by atoms with E-state index in [0.29, 0.717) is 19.5 Å². The number of rotatable bonds is 8. The number of nitrogens with one attached hydrogen (secondary N) is 2. The molecule has 0 saturated carbocycles. The van der Waals surface area contributed by atoms with Crippen molar-refractivity contribution in [1.29, 1.82) is 0 Å². The van der Waals surface area contributed by atoms with E-state index in [1.807, 2.05) is 87.5 Å². The molecule has 0 unspecified atom stereocenters. The van der Waals surface area contributed by atoms with Crippen LogP contribution in [0.2, 0.25) is 0 Å². The van der Waals surface area contributed by atoms with E-state index in [1.165, 1.54) is 0 Å². The molecular weight excluding hydrogens is 380 g/mol. The van der Waals surface area contributed by atoms with Crippen molar-refractivity contribution in [2.45, 2.75) is 45.9 Å². The van der Waals surface area contributed by atoms with Crippen LogP contribution in [0.1, 0.15) is 43.9 Å². The molecular formula is C24H30N2O4. The quantitative estimate of drug-likeness (QED) is 0.598. The lowest BCUT2D eigenvalue weighted by atomic mass is 10.1. The Bertz CT molecular complexity index is 842. The van der Waals surface area contributed by atoms with Crippen molar-refractivity contribution < 1.29 is 19.1 Å². The second-order valence-electron chi connectivity index (χ2n) is 7.78. The summed E-state index contributed by atoms with van der Waals surface area (Å²) in [6.07, 6.45) is 3.78. The molecule has 2 rings (SSSR count). The predicted octanol–water partition coefficient (Wildman–Crippen LogP) is 5.04. The maximum Gasteiger partial charge on any atom is 0.407 e. The van der Waals surface area contributed by atoms with Crippen LogP contribution >= 0.6 is 0 Å². The summed E-state index contributed by atoms with van der Waals surface area (Å²) in [5.41, 5.74) is 2.43. The topological polar surface area (TPSA) is 76.7 Å². The molecule has 0 aliphatic rings. The van der Waals surface area contributed by atoms with Crippen molar-refractivity contribution in [2.24, 2.45) is 0 Å². The van der Waals surface area contributed by atoms with Gasteiger partial charge in [-0.15, -0.1) is 0 Å². The molecule has 0 saturated heterocycles. The van der Waals surface area contributed by atoms with Crippen LogP contribution in [0.4, 0.5) is 9.59 Å². The summed E-state index contributed by atoms with van der Waals surface area (Å²) in [5.74, 6) is 0. The molecule has 0 spiro atoms. The fourth-order valence-corrected chi connectivity index (χ4v) is 2.55. The van der Waals surface area contributed by atoms with Gasteiger partial charge in [0.1, 0.15) is 12.2 Å². The summed E-state index contributed by atoms with van der Waals surface area (Å²) in [6.45, 7) is 6.63. The molecule has 6 nitrogen and oxygen atoms in total. The van der Waals surface area contributed by atoms with Gasteiger partial charge in [-0.3, -0.25) is 0 Å². The van der Waals surface area contributed by atoms with Crippen LogP contribution < -0.4 is 10.6 Å². The number of benzene rings is 2. The SMILES string of the molecule is CC(C)(C)OC(=O)NCc1cccc(C=CCCNC(=O)OCc2ccccc2)c1. The number of carbonyl (C=O) groups excluding carboxylic acids is 2. The summed E-state index contributed by atoms with van der Waals surface area (Å²) in [4.78, 5) is 23.5. The highest BCUT2D eigenvalue weighted by Crippen LogP contribution is 2.09. The lowest BCUT2D eigenvalue weighted by Crippen LogP contribution is -2.32. The van der Waals surface area contributed by atoms with E-state index >= 15 is 0 Å². The van der Waals surface area contributed by atoms with E-state index in [4.69, 9.17) is 9.47 Å². The van der Waals surface area contributed by atoms with E-state index in [2.05, 4.69) is 10.6 Å². The fourth-order valence-electron chi connectivity index (χ4n) is 2.55. The van der Waals surface area contributed by atoms with Gasteiger partial charge in [0, 0.05) is 13.1 Å². The van der Waals surface area contributed by atoms with Crippen molar-refractivity contribution in [1.82, 2.24) is 10.6 Å². The van der Waals surface area contributed by atoms with Crippen molar-refractivity contribution in [3.05, 3.63) is 77.4 Å². The summed E-state index contributed by atoms with van der Waals surface area (Å²) in [5, 5.41) is 5.48. The number of amides is 2. The monoisotopic (exact) mass is 410 g/mol. The van der Waals surface area contributed by atoms with Crippen LogP contribution in [0.3, 0.4) is 0 Å². The zero-order chi connectivity index (χ0) is 21.8. The Kier molecular flexibility index (Phi) is 8.94. The van der Waals surface area contributed by atoms with Gasteiger partial charge in [0.05, 0.1) is 0 Å². The molecule has 0 radical (unpaired) electrons. The van der Waals surface area contributed by atoms with Gasteiger partial charge in [0.15, 0.2) is 0 Å². The van der Waals surface area contributed by atoms with Crippen LogP contribution in [0.5, 0.6) is 0 Å². The van der Waals surface area contributed by atoms with Crippen LogP contribution in [-0.2, 0) is 22.6 Å². The number of alkyl carbamates (subject to hydrolysis) is 2. The van der Waals surface area contributed by atoms with Crippen LogP contribution in [0.15, 0.2) is 60.7 Å². The van der Waals surface area contributed by atoms with E-state index in [1.54, 1.807) is 0 Å². The van der Waals surface area contributed by atoms with Gasteiger partial charge >= 0.3 is 12.2 Å². The minimum absolute atomic E-state index is 0.257. The molecule has 0 fully saturated rings. The number of ether oxygens (including phenoxy) is 2. The van der Waals surface area contributed by atoms with Gasteiger partial charge in [-0.25, -0.2) is 9.59 Å². The zero-order valence-corrected chi connectivity index (χ0v) is 17.8. The van der Waals surface area contributed by atoms with Gasteiger partial charge in [0.2, 0.25) is 0 Å². The minimum atomic E-state index is -0.517. The predicted molar refractivity (Wildman–Crippen MR) is 118 cm³/mol. The molecule has 6 heteroatoms. The molecule has 2 aromatic rings. The van der Waals surface area contributed by atoms with Crippen molar-refractivity contribution in [3.63, 3.8) is 0 Å². The number of carbonyl (C=O) groups is 2. The second kappa shape index (κ2) is 11.7. The Morgan fingerprint density at radius 3 is 2.40 bits per heavy atom. The third-order valence-electron chi connectivity index (χ3n) is 3.89. The Labute approximate surface area is 178 Å². The molecule has 0 aliphatic heterocycles. The standard InChI is InChI=1S/C24H30N2O4/c1-24(2,3)30-23(28)26-17-21-14-9-13-19(16-21)10-7-8-15-25-22(27)29-18-20-11-5-4-6-12-20/h4-7,9-14,16H,8,15,17-18H2,1-3H3,(H,25,27)(H,26,28). The third kappa shape index (κ3) is 9.78. The van der Waals surface area contributed by atoms with Gasteiger partial charge in [-0.2, -0.15) is 0 Å². The second-order valence-corrected chi connectivity index (χ2v) is 7.78. The number of hydrogen-bond donors (Lipinski definition) is 2. The van der Waals surface area contributed by atoms with E-state index in [0.717, 1.165) is 16.7 Å². The third-order valence-corrected chi connectivity index (χ3v) is 3.89. The first kappa shape index (κ1) is 23.0. The summed E-state index contributed by atoms with van der Waals surface area (Å²) in [6, 6.07) is 17.4. The first-order chi connectivity index (χ1) is 14.3. The molecule has 2 N–H and O–H groups in total. The lowest BCUT2D eigenvalue weighted by molar-refractivity contribution is 0.0523. The van der Waals surface area contributed by atoms with Gasteiger partial charge in [0.25, 0.3) is 0 Å². The average molecular weight is 411 g/mol. The van der Waals surface area contributed by atoms with Crippen molar-refractivity contribution in [2.75, 3.05) is 6.54 Å². The van der Waals surface area contributed by atoms with Crippen LogP contribution in [0, 0.1) is 0 Å². The zero-order valence-electron chi connectivity index (χ0n) is 17.8. The molecule has 0 heterocycles. The summed E-state index contributed by atoms with van der Waals surface area (Å²) >= 11 is 0.